The number of azo groups is 1. The highest BCUT2D eigenvalue weighted by Gasteiger charge is 2.33. The van der Waals surface area contributed by atoms with Crippen molar-refractivity contribution in [2.24, 2.45) is 15.3 Å². The lowest BCUT2D eigenvalue weighted by molar-refractivity contribution is 0.706. The monoisotopic (exact) mass is 534 g/mol. The molecular formula is C30H26N6S2. The molecule has 6 nitrogen and oxygen atoms in total. The number of anilines is 2. The molecule has 0 amide bonds. The van der Waals surface area contributed by atoms with Crippen LogP contribution in [-0.4, -0.2) is 24.8 Å². The van der Waals surface area contributed by atoms with Crippen LogP contribution in [0, 0.1) is 0 Å². The summed E-state index contributed by atoms with van der Waals surface area (Å²) in [4.78, 5) is 8.26. The van der Waals surface area contributed by atoms with Crippen LogP contribution < -0.4 is 9.91 Å². The molecule has 1 unspecified atom stereocenters. The first kappa shape index (κ1) is 24.2. The van der Waals surface area contributed by atoms with E-state index in [0.29, 0.717) is 0 Å². The maximum Gasteiger partial charge on any atom is 0.209 e. The molecule has 0 fully saturated rings. The number of thiazole rings is 1. The molecule has 8 heteroatoms. The second-order valence-corrected chi connectivity index (χ2v) is 11.0. The molecule has 0 radical (unpaired) electrons. The number of nitrogens with zero attached hydrogens (tertiary/aromatic N) is 6. The van der Waals surface area contributed by atoms with Gasteiger partial charge in [-0.05, 0) is 46.8 Å². The molecule has 6 rings (SSSR count). The molecule has 0 spiro atoms. The van der Waals surface area contributed by atoms with Crippen LogP contribution in [0.5, 0.6) is 0 Å². The minimum absolute atomic E-state index is 0.0302. The second-order valence-electron chi connectivity index (χ2n) is 9.13. The summed E-state index contributed by atoms with van der Waals surface area (Å²) in [6.45, 7) is 0. The fourth-order valence-corrected chi connectivity index (χ4v) is 6.07. The Morgan fingerprint density at radius 1 is 0.842 bits per heavy atom. The molecule has 188 valence electrons. The molecule has 0 saturated heterocycles. The van der Waals surface area contributed by atoms with Gasteiger partial charge in [-0.2, -0.15) is 5.10 Å². The summed E-state index contributed by atoms with van der Waals surface area (Å²) in [5.74, 6) is 0. The summed E-state index contributed by atoms with van der Waals surface area (Å²) >= 11 is 3.17. The van der Waals surface area contributed by atoms with Crippen molar-refractivity contribution in [2.75, 3.05) is 24.0 Å². The van der Waals surface area contributed by atoms with E-state index in [1.807, 2.05) is 42.5 Å². The van der Waals surface area contributed by atoms with Crippen LogP contribution in [-0.2, 0) is 0 Å². The fourth-order valence-electron chi connectivity index (χ4n) is 4.38. The molecule has 0 saturated carbocycles. The van der Waals surface area contributed by atoms with Crippen molar-refractivity contribution in [1.29, 1.82) is 0 Å². The van der Waals surface area contributed by atoms with E-state index < -0.39 is 0 Å². The zero-order valence-electron chi connectivity index (χ0n) is 21.1. The Morgan fingerprint density at radius 2 is 1.58 bits per heavy atom. The van der Waals surface area contributed by atoms with E-state index in [4.69, 9.17) is 10.1 Å². The highest BCUT2D eigenvalue weighted by atomic mass is 32.1. The van der Waals surface area contributed by atoms with Crippen molar-refractivity contribution in [2.45, 2.75) is 12.5 Å². The Labute approximate surface area is 230 Å². The Bertz CT molecular complexity index is 1560. The van der Waals surface area contributed by atoms with Crippen LogP contribution in [0.25, 0.3) is 10.6 Å². The van der Waals surface area contributed by atoms with Gasteiger partial charge in [0.15, 0.2) is 5.00 Å². The maximum atomic E-state index is 5.12. The zero-order valence-corrected chi connectivity index (χ0v) is 22.7. The van der Waals surface area contributed by atoms with Gasteiger partial charge in [0.25, 0.3) is 0 Å². The number of hydrogen-bond donors (Lipinski definition) is 0. The van der Waals surface area contributed by atoms with Crippen molar-refractivity contribution in [3.05, 3.63) is 114 Å². The Hall–Kier alpha value is -4.14. The quantitative estimate of drug-likeness (QED) is 0.196. The molecule has 2 aromatic heterocycles. The van der Waals surface area contributed by atoms with E-state index in [2.05, 4.69) is 94.2 Å². The van der Waals surface area contributed by atoms with Crippen molar-refractivity contribution < 1.29 is 0 Å². The third kappa shape index (κ3) is 5.01. The van der Waals surface area contributed by atoms with Crippen LogP contribution in [0.2, 0.25) is 0 Å². The third-order valence-corrected chi connectivity index (χ3v) is 8.18. The van der Waals surface area contributed by atoms with Crippen LogP contribution in [0.4, 0.5) is 21.5 Å². The average molecular weight is 535 g/mol. The second kappa shape index (κ2) is 10.7. The van der Waals surface area contributed by atoms with Crippen LogP contribution >= 0.6 is 22.7 Å². The van der Waals surface area contributed by atoms with Gasteiger partial charge in [-0.25, -0.2) is 9.99 Å². The SMILES string of the molecule is CN(C)c1ccc(C2CC(c3ccccc3)=NN2c2nc(-c3cccs3)c(N=Nc3ccccc3)s2)cc1. The summed E-state index contributed by atoms with van der Waals surface area (Å²) in [6.07, 6.45) is 0.792. The topological polar surface area (TPSA) is 56.5 Å². The summed E-state index contributed by atoms with van der Waals surface area (Å²) in [5, 5.41) is 20.0. The van der Waals surface area contributed by atoms with Gasteiger partial charge in [0.2, 0.25) is 5.13 Å². The number of hydrogen-bond acceptors (Lipinski definition) is 8. The molecule has 1 aliphatic rings. The van der Waals surface area contributed by atoms with Crippen molar-refractivity contribution in [3.8, 4) is 10.6 Å². The summed E-state index contributed by atoms with van der Waals surface area (Å²) in [7, 11) is 4.11. The van der Waals surface area contributed by atoms with Gasteiger partial charge in [0.1, 0.15) is 5.69 Å². The molecule has 1 aliphatic heterocycles. The third-order valence-electron chi connectivity index (χ3n) is 6.37. The minimum Gasteiger partial charge on any atom is -0.378 e. The molecule has 0 bridgehead atoms. The predicted molar refractivity (Wildman–Crippen MR) is 160 cm³/mol. The Kier molecular flexibility index (Phi) is 6.81. The number of aromatic nitrogens is 1. The van der Waals surface area contributed by atoms with Crippen LogP contribution in [0.15, 0.2) is 118 Å². The lowest BCUT2D eigenvalue weighted by Gasteiger charge is -2.22. The first-order valence-electron chi connectivity index (χ1n) is 12.4. The Morgan fingerprint density at radius 3 is 2.26 bits per heavy atom. The van der Waals surface area contributed by atoms with Crippen LogP contribution in [0.3, 0.4) is 0 Å². The lowest BCUT2D eigenvalue weighted by atomic mass is 9.98. The molecule has 3 heterocycles. The van der Waals surface area contributed by atoms with E-state index in [-0.39, 0.29) is 6.04 Å². The summed E-state index contributed by atoms with van der Waals surface area (Å²) < 4.78 is 0. The van der Waals surface area contributed by atoms with Gasteiger partial charge in [-0.1, -0.05) is 78.1 Å². The molecular weight excluding hydrogens is 509 g/mol. The normalized spacial score (nSPS) is 15.3. The lowest BCUT2D eigenvalue weighted by Crippen LogP contribution is -2.18. The van der Waals surface area contributed by atoms with E-state index in [9.17, 15) is 0 Å². The van der Waals surface area contributed by atoms with Gasteiger partial charge >= 0.3 is 0 Å². The molecule has 1 atom stereocenters. The number of rotatable bonds is 7. The van der Waals surface area contributed by atoms with E-state index in [1.165, 1.54) is 22.6 Å². The minimum atomic E-state index is 0.0302. The summed E-state index contributed by atoms with van der Waals surface area (Å²) in [6, 6.07) is 33.0. The molecule has 0 aliphatic carbocycles. The van der Waals surface area contributed by atoms with Crippen molar-refractivity contribution >= 4 is 49.9 Å². The smallest absolute Gasteiger partial charge is 0.209 e. The first-order chi connectivity index (χ1) is 18.7. The highest BCUT2D eigenvalue weighted by molar-refractivity contribution is 7.20. The number of thiophene rings is 1. The summed E-state index contributed by atoms with van der Waals surface area (Å²) in [5.41, 5.74) is 6.19. The highest BCUT2D eigenvalue weighted by Crippen LogP contribution is 2.46. The van der Waals surface area contributed by atoms with E-state index in [0.717, 1.165) is 44.1 Å². The van der Waals surface area contributed by atoms with Gasteiger partial charge in [-0.15, -0.1) is 21.6 Å². The Balaban J connectivity index is 1.42. The standard InChI is InChI=1S/C30H26N6S2/c1-35(2)24-17-15-22(16-18-24)26-20-25(21-10-5-3-6-11-21)34-36(26)30-31-28(27-14-9-19-37-27)29(38-30)33-32-23-12-7-4-8-13-23/h3-19,26H,20H2,1-2H3. The average Bonchev–Trinajstić information content (AvgIpc) is 3.73. The van der Waals surface area contributed by atoms with E-state index >= 15 is 0 Å². The van der Waals surface area contributed by atoms with Crippen molar-refractivity contribution in [1.82, 2.24) is 4.98 Å². The fraction of sp³-hybridized carbons (Fsp3) is 0.133. The molecule has 3 aromatic carbocycles. The number of hydrazone groups is 1. The van der Waals surface area contributed by atoms with Gasteiger partial charge in [0.05, 0.1) is 22.3 Å². The van der Waals surface area contributed by atoms with Crippen LogP contribution in [0.1, 0.15) is 23.6 Å². The number of benzene rings is 3. The van der Waals surface area contributed by atoms with Gasteiger partial charge < -0.3 is 4.90 Å². The first-order valence-corrected chi connectivity index (χ1v) is 14.1. The van der Waals surface area contributed by atoms with E-state index in [1.54, 1.807) is 11.3 Å². The van der Waals surface area contributed by atoms with Gasteiger partial charge in [0, 0.05) is 26.2 Å². The molecule has 0 N–H and O–H groups in total. The zero-order chi connectivity index (χ0) is 25.9. The predicted octanol–water partition coefficient (Wildman–Crippen LogP) is 8.71. The largest absolute Gasteiger partial charge is 0.378 e. The van der Waals surface area contributed by atoms with Crippen molar-refractivity contribution in [3.63, 3.8) is 0 Å². The molecule has 5 aromatic rings. The van der Waals surface area contributed by atoms with Gasteiger partial charge in [-0.3, -0.25) is 0 Å². The molecule has 38 heavy (non-hydrogen) atoms. The maximum absolute atomic E-state index is 5.12.